The quantitative estimate of drug-likeness (QED) is 0.776. The van der Waals surface area contributed by atoms with Gasteiger partial charge in [0.1, 0.15) is 5.82 Å². The van der Waals surface area contributed by atoms with Gasteiger partial charge in [-0.2, -0.15) is 0 Å². The summed E-state index contributed by atoms with van der Waals surface area (Å²) in [5.41, 5.74) is 0.237. The number of allylic oxidation sites excluding steroid dienone is 4. The Morgan fingerprint density at radius 2 is 2.07 bits per heavy atom. The Hall–Kier alpha value is -1.31. The Kier molecular flexibility index (Phi) is 2.28. The third-order valence-corrected chi connectivity index (χ3v) is 2.83. The molecule has 1 aliphatic carbocycles. The zero-order chi connectivity index (χ0) is 10.0. The van der Waals surface area contributed by atoms with Crippen LogP contribution < -0.4 is 0 Å². The molecular weight excluding hydrogens is 172 g/mol. The van der Waals surface area contributed by atoms with E-state index in [9.17, 15) is 0 Å². The highest BCUT2D eigenvalue weighted by Gasteiger charge is 2.27. The van der Waals surface area contributed by atoms with Crippen molar-refractivity contribution in [3.05, 3.63) is 42.5 Å². The molecule has 0 amide bonds. The van der Waals surface area contributed by atoms with E-state index in [0.29, 0.717) is 5.92 Å². The van der Waals surface area contributed by atoms with Crippen molar-refractivity contribution in [1.29, 1.82) is 0 Å². The lowest BCUT2D eigenvalue weighted by Crippen LogP contribution is -2.23. The minimum Gasteiger partial charge on any atom is -0.349 e. The molecule has 74 valence electrons. The van der Waals surface area contributed by atoms with E-state index in [4.69, 9.17) is 0 Å². The van der Waals surface area contributed by atoms with Crippen molar-refractivity contribution in [2.45, 2.75) is 20.3 Å². The molecule has 0 fully saturated rings. The van der Waals surface area contributed by atoms with Crippen LogP contribution in [0, 0.1) is 11.3 Å². The first-order valence-electron chi connectivity index (χ1n) is 5.02. The minimum absolute atomic E-state index is 0.237. The highest BCUT2D eigenvalue weighted by Crippen LogP contribution is 2.34. The van der Waals surface area contributed by atoms with Crippen LogP contribution in [0.5, 0.6) is 0 Å². The number of imidazole rings is 1. The molecule has 1 aliphatic rings. The number of hydrogen-bond acceptors (Lipinski definition) is 1. The second-order valence-corrected chi connectivity index (χ2v) is 4.50. The summed E-state index contributed by atoms with van der Waals surface area (Å²) in [7, 11) is 0. The molecule has 1 heterocycles. The number of aromatic amines is 1. The summed E-state index contributed by atoms with van der Waals surface area (Å²) >= 11 is 0. The van der Waals surface area contributed by atoms with Gasteiger partial charge in [-0.1, -0.05) is 38.2 Å². The first kappa shape index (κ1) is 9.25. The fraction of sp³-hybridized carbons (Fsp3) is 0.417. The number of aromatic nitrogens is 2. The molecular formula is C12H16N2. The Labute approximate surface area is 84.8 Å². The maximum atomic E-state index is 4.27. The maximum Gasteiger partial charge on any atom is 0.106 e. The highest BCUT2D eigenvalue weighted by molar-refractivity contribution is 5.21. The van der Waals surface area contributed by atoms with Gasteiger partial charge in [-0.3, -0.25) is 0 Å². The normalized spacial score (nSPS) is 16.7. The zero-order valence-electron chi connectivity index (χ0n) is 8.70. The Bertz CT molecular complexity index is 332. The summed E-state index contributed by atoms with van der Waals surface area (Å²) in [6.45, 7) is 4.56. The van der Waals surface area contributed by atoms with Gasteiger partial charge in [0, 0.05) is 24.7 Å². The van der Waals surface area contributed by atoms with Gasteiger partial charge in [0.2, 0.25) is 0 Å². The van der Waals surface area contributed by atoms with Gasteiger partial charge in [0.05, 0.1) is 0 Å². The Morgan fingerprint density at radius 1 is 1.36 bits per heavy atom. The number of H-pyrrole nitrogens is 1. The number of hydrogen-bond donors (Lipinski definition) is 1. The van der Waals surface area contributed by atoms with Crippen molar-refractivity contribution in [2.75, 3.05) is 0 Å². The summed E-state index contributed by atoms with van der Waals surface area (Å²) in [5.74, 6) is 1.61. The molecule has 0 saturated heterocycles. The molecule has 14 heavy (non-hydrogen) atoms. The van der Waals surface area contributed by atoms with Crippen LogP contribution in [0.15, 0.2) is 36.7 Å². The first-order valence-corrected chi connectivity index (χ1v) is 5.02. The van der Waals surface area contributed by atoms with Crippen molar-refractivity contribution in [2.24, 2.45) is 11.3 Å². The van der Waals surface area contributed by atoms with E-state index in [1.54, 1.807) is 0 Å². The number of nitrogens with one attached hydrogen (secondary N) is 1. The smallest absolute Gasteiger partial charge is 0.106 e. The summed E-state index contributed by atoms with van der Waals surface area (Å²) < 4.78 is 0. The van der Waals surface area contributed by atoms with Crippen LogP contribution in [-0.2, 0) is 6.42 Å². The molecule has 0 atom stereocenters. The van der Waals surface area contributed by atoms with E-state index in [1.807, 2.05) is 12.4 Å². The van der Waals surface area contributed by atoms with E-state index in [1.165, 1.54) is 0 Å². The lowest BCUT2D eigenvalue weighted by Gasteiger charge is -2.28. The van der Waals surface area contributed by atoms with Crippen LogP contribution in [0.2, 0.25) is 0 Å². The molecule has 1 N–H and O–H groups in total. The van der Waals surface area contributed by atoms with Crippen LogP contribution in [-0.4, -0.2) is 9.97 Å². The molecule has 0 aromatic carbocycles. The minimum atomic E-state index is 0.237. The van der Waals surface area contributed by atoms with Crippen LogP contribution in [0.3, 0.4) is 0 Å². The fourth-order valence-electron chi connectivity index (χ4n) is 1.90. The zero-order valence-corrected chi connectivity index (χ0v) is 8.70. The van der Waals surface area contributed by atoms with Crippen LogP contribution >= 0.6 is 0 Å². The molecule has 0 unspecified atom stereocenters. The van der Waals surface area contributed by atoms with Gasteiger partial charge in [-0.15, -0.1) is 0 Å². The second-order valence-electron chi connectivity index (χ2n) is 4.50. The third kappa shape index (κ3) is 1.79. The molecule has 2 nitrogen and oxygen atoms in total. The lowest BCUT2D eigenvalue weighted by atomic mass is 9.77. The van der Waals surface area contributed by atoms with Crippen molar-refractivity contribution in [1.82, 2.24) is 9.97 Å². The van der Waals surface area contributed by atoms with Gasteiger partial charge in [0.15, 0.2) is 0 Å². The Morgan fingerprint density at radius 3 is 2.64 bits per heavy atom. The third-order valence-electron chi connectivity index (χ3n) is 2.83. The van der Waals surface area contributed by atoms with E-state index in [-0.39, 0.29) is 5.41 Å². The van der Waals surface area contributed by atoms with E-state index in [0.717, 1.165) is 12.2 Å². The van der Waals surface area contributed by atoms with E-state index >= 15 is 0 Å². The molecule has 2 rings (SSSR count). The molecule has 0 aliphatic heterocycles. The van der Waals surface area contributed by atoms with Crippen molar-refractivity contribution >= 4 is 0 Å². The molecule has 0 saturated carbocycles. The highest BCUT2D eigenvalue weighted by atomic mass is 14.9. The van der Waals surface area contributed by atoms with Crippen LogP contribution in [0.1, 0.15) is 19.7 Å². The SMILES string of the molecule is CC(C)(Cc1ncc[nH]1)C1C=CC=C1. The van der Waals surface area contributed by atoms with E-state index in [2.05, 4.69) is 48.1 Å². The standard InChI is InChI=1S/C12H16N2/c1-12(2,10-5-3-4-6-10)9-11-13-7-8-14-11/h3-8,10H,9H2,1-2H3,(H,13,14). The second kappa shape index (κ2) is 3.45. The monoisotopic (exact) mass is 188 g/mol. The number of rotatable bonds is 3. The number of nitrogens with zero attached hydrogens (tertiary/aromatic N) is 1. The topological polar surface area (TPSA) is 28.7 Å². The van der Waals surface area contributed by atoms with Gasteiger partial charge in [0.25, 0.3) is 0 Å². The summed E-state index contributed by atoms with van der Waals surface area (Å²) in [6, 6.07) is 0. The maximum absolute atomic E-state index is 4.27. The Balaban J connectivity index is 2.09. The van der Waals surface area contributed by atoms with Gasteiger partial charge in [-0.05, 0) is 5.41 Å². The summed E-state index contributed by atoms with van der Waals surface area (Å²) in [6.07, 6.45) is 13.4. The van der Waals surface area contributed by atoms with Crippen molar-refractivity contribution in [3.63, 3.8) is 0 Å². The van der Waals surface area contributed by atoms with E-state index < -0.39 is 0 Å². The molecule has 0 spiro atoms. The van der Waals surface area contributed by atoms with Gasteiger partial charge >= 0.3 is 0 Å². The van der Waals surface area contributed by atoms with Gasteiger partial charge < -0.3 is 4.98 Å². The molecule has 0 bridgehead atoms. The average molecular weight is 188 g/mol. The predicted octanol–water partition coefficient (Wildman–Crippen LogP) is 2.72. The largest absolute Gasteiger partial charge is 0.349 e. The summed E-state index contributed by atoms with van der Waals surface area (Å²) in [4.78, 5) is 7.43. The van der Waals surface area contributed by atoms with Crippen molar-refractivity contribution in [3.8, 4) is 0 Å². The first-order chi connectivity index (χ1) is 6.68. The van der Waals surface area contributed by atoms with Crippen LogP contribution in [0.4, 0.5) is 0 Å². The predicted molar refractivity (Wildman–Crippen MR) is 57.8 cm³/mol. The van der Waals surface area contributed by atoms with Crippen molar-refractivity contribution < 1.29 is 0 Å². The molecule has 1 aromatic heterocycles. The fourth-order valence-corrected chi connectivity index (χ4v) is 1.90. The van der Waals surface area contributed by atoms with Gasteiger partial charge in [-0.25, -0.2) is 4.98 Å². The average Bonchev–Trinajstić information content (AvgIpc) is 2.71. The molecule has 0 radical (unpaired) electrons. The summed E-state index contributed by atoms with van der Waals surface area (Å²) in [5, 5.41) is 0. The van der Waals surface area contributed by atoms with Crippen LogP contribution in [0.25, 0.3) is 0 Å². The lowest BCUT2D eigenvalue weighted by molar-refractivity contribution is 0.297. The molecule has 2 heteroatoms. The molecule has 1 aromatic rings.